The van der Waals surface area contributed by atoms with Crippen molar-refractivity contribution in [3.05, 3.63) is 24.5 Å². The van der Waals surface area contributed by atoms with Gasteiger partial charge in [0.2, 0.25) is 0 Å². The molecule has 2 N–H and O–H groups in total. The molecule has 0 aliphatic heterocycles. The molecule has 1 heterocycles. The van der Waals surface area contributed by atoms with Gasteiger partial charge in [-0.3, -0.25) is 0 Å². The molecular weight excluding hydrogens is 223 g/mol. The summed E-state index contributed by atoms with van der Waals surface area (Å²) in [7, 11) is 0. The molecule has 0 fully saturated rings. The Morgan fingerprint density at radius 2 is 2.31 bits per heavy atom. The van der Waals surface area contributed by atoms with Crippen molar-refractivity contribution in [2.45, 2.75) is 18.8 Å². The van der Waals surface area contributed by atoms with Crippen LogP contribution in [0.5, 0.6) is 0 Å². The summed E-state index contributed by atoms with van der Waals surface area (Å²) in [5.41, 5.74) is 0.717. The van der Waals surface area contributed by atoms with Gasteiger partial charge in [0.25, 0.3) is 0 Å². The van der Waals surface area contributed by atoms with Gasteiger partial charge < -0.3 is 10.4 Å². The van der Waals surface area contributed by atoms with E-state index in [1.165, 1.54) is 17.1 Å². The highest BCUT2D eigenvalue weighted by atomic mass is 19.4. The Hall–Kier alpha value is -1.34. The molecule has 1 unspecified atom stereocenters. The molecule has 0 aliphatic carbocycles. The van der Waals surface area contributed by atoms with E-state index in [1.807, 2.05) is 0 Å². The number of aliphatic hydroxyl groups is 1. The van der Waals surface area contributed by atoms with Crippen molar-refractivity contribution >= 4 is 6.20 Å². The van der Waals surface area contributed by atoms with Crippen LogP contribution in [0.3, 0.4) is 0 Å². The van der Waals surface area contributed by atoms with Crippen molar-refractivity contribution in [1.29, 1.82) is 0 Å². The molecular formula is C9H12F3N3O. The fourth-order valence-corrected chi connectivity index (χ4v) is 1.04. The lowest BCUT2D eigenvalue weighted by Crippen LogP contribution is -2.38. The Labute approximate surface area is 90.4 Å². The molecule has 16 heavy (non-hydrogen) atoms. The minimum atomic E-state index is -4.59. The fourth-order valence-electron chi connectivity index (χ4n) is 1.04. The predicted molar refractivity (Wildman–Crippen MR) is 52.4 cm³/mol. The molecule has 1 rings (SSSR count). The van der Waals surface area contributed by atoms with Gasteiger partial charge in [0.05, 0.1) is 6.20 Å². The average molecular weight is 235 g/mol. The third-order valence-corrected chi connectivity index (χ3v) is 1.89. The summed E-state index contributed by atoms with van der Waals surface area (Å²) in [5.74, 6) is 0. The third kappa shape index (κ3) is 3.67. The first-order chi connectivity index (χ1) is 7.43. The summed E-state index contributed by atoms with van der Waals surface area (Å²) < 4.78 is 37.2. The van der Waals surface area contributed by atoms with Gasteiger partial charge in [-0.1, -0.05) is 6.58 Å². The molecule has 0 radical (unpaired) electrons. The van der Waals surface area contributed by atoms with Crippen LogP contribution in [0.25, 0.3) is 6.20 Å². The summed E-state index contributed by atoms with van der Waals surface area (Å²) in [6.45, 7) is 3.15. The molecule has 4 nitrogen and oxygen atoms in total. The van der Waals surface area contributed by atoms with E-state index in [4.69, 9.17) is 5.11 Å². The van der Waals surface area contributed by atoms with Gasteiger partial charge in [0, 0.05) is 31.0 Å². The first kappa shape index (κ1) is 12.7. The quantitative estimate of drug-likeness (QED) is 0.800. The maximum Gasteiger partial charge on any atom is 0.415 e. The van der Waals surface area contributed by atoms with Gasteiger partial charge in [-0.2, -0.15) is 18.3 Å². The second kappa shape index (κ2) is 5.13. The van der Waals surface area contributed by atoms with Gasteiger partial charge in [-0.25, -0.2) is 4.68 Å². The van der Waals surface area contributed by atoms with Crippen molar-refractivity contribution < 1.29 is 18.3 Å². The molecule has 0 saturated carbocycles. The van der Waals surface area contributed by atoms with Crippen LogP contribution >= 0.6 is 0 Å². The van der Waals surface area contributed by atoms with Crippen molar-refractivity contribution in [2.24, 2.45) is 0 Å². The van der Waals surface area contributed by atoms with Gasteiger partial charge in [-0.05, 0) is 0 Å². The first-order valence-corrected chi connectivity index (χ1v) is 4.54. The lowest BCUT2D eigenvalue weighted by Gasteiger charge is -2.14. The van der Waals surface area contributed by atoms with Crippen LogP contribution in [0.1, 0.15) is 5.56 Å². The van der Waals surface area contributed by atoms with Crippen LogP contribution in [-0.4, -0.2) is 33.7 Å². The smallest absolute Gasteiger partial charge is 0.382 e. The highest BCUT2D eigenvalue weighted by molar-refractivity contribution is 5.17. The van der Waals surface area contributed by atoms with E-state index >= 15 is 0 Å². The van der Waals surface area contributed by atoms with Gasteiger partial charge >= 0.3 is 6.18 Å². The Morgan fingerprint density at radius 1 is 1.62 bits per heavy atom. The SMILES string of the molecule is C=Cn1cc(CNCC(O)C(F)(F)F)cn1. The van der Waals surface area contributed by atoms with Crippen molar-refractivity contribution in [3.63, 3.8) is 0 Å². The summed E-state index contributed by atoms with van der Waals surface area (Å²) >= 11 is 0. The number of nitrogens with one attached hydrogen (secondary N) is 1. The minimum Gasteiger partial charge on any atom is -0.382 e. The van der Waals surface area contributed by atoms with Gasteiger partial charge in [0.1, 0.15) is 0 Å². The average Bonchev–Trinajstić information content (AvgIpc) is 2.64. The lowest BCUT2D eigenvalue weighted by molar-refractivity contribution is -0.201. The summed E-state index contributed by atoms with van der Waals surface area (Å²) in [4.78, 5) is 0. The zero-order chi connectivity index (χ0) is 12.2. The third-order valence-electron chi connectivity index (χ3n) is 1.89. The number of rotatable bonds is 5. The molecule has 1 aromatic heterocycles. The molecule has 7 heteroatoms. The Balaban J connectivity index is 2.33. The topological polar surface area (TPSA) is 50.1 Å². The fraction of sp³-hybridized carbons (Fsp3) is 0.444. The maximum atomic E-state index is 11.9. The molecule has 0 spiro atoms. The van der Waals surface area contributed by atoms with Crippen molar-refractivity contribution in [3.8, 4) is 0 Å². The Bertz CT molecular complexity index is 348. The van der Waals surface area contributed by atoms with Gasteiger partial charge in [-0.15, -0.1) is 0 Å². The van der Waals surface area contributed by atoms with Gasteiger partial charge in [0.15, 0.2) is 6.10 Å². The number of halogens is 3. The number of hydrogen-bond donors (Lipinski definition) is 2. The van der Waals surface area contributed by atoms with E-state index in [2.05, 4.69) is 17.0 Å². The van der Waals surface area contributed by atoms with E-state index in [9.17, 15) is 13.2 Å². The number of alkyl halides is 3. The molecule has 90 valence electrons. The summed E-state index contributed by atoms with van der Waals surface area (Å²) in [6, 6.07) is 0. The second-order valence-electron chi connectivity index (χ2n) is 3.20. The monoisotopic (exact) mass is 235 g/mol. The molecule has 0 aliphatic rings. The van der Waals surface area contributed by atoms with Crippen LogP contribution in [-0.2, 0) is 6.54 Å². The molecule has 1 aromatic rings. The number of nitrogens with zero attached hydrogens (tertiary/aromatic N) is 2. The van der Waals surface area contributed by atoms with E-state index in [-0.39, 0.29) is 6.54 Å². The van der Waals surface area contributed by atoms with Crippen LogP contribution in [0.15, 0.2) is 19.0 Å². The predicted octanol–water partition coefficient (Wildman–Crippen LogP) is 0.996. The van der Waals surface area contributed by atoms with Crippen LogP contribution in [0.2, 0.25) is 0 Å². The molecule has 0 aromatic carbocycles. The highest BCUT2D eigenvalue weighted by Crippen LogP contribution is 2.19. The zero-order valence-electron chi connectivity index (χ0n) is 8.41. The second-order valence-corrected chi connectivity index (χ2v) is 3.20. The molecule has 0 saturated heterocycles. The molecule has 1 atom stereocenters. The number of aliphatic hydroxyl groups excluding tert-OH is 1. The largest absolute Gasteiger partial charge is 0.415 e. The van der Waals surface area contributed by atoms with Crippen LogP contribution < -0.4 is 5.32 Å². The summed E-state index contributed by atoms with van der Waals surface area (Å²) in [5, 5.41) is 15.0. The number of aromatic nitrogens is 2. The minimum absolute atomic E-state index is 0.209. The van der Waals surface area contributed by atoms with Crippen LogP contribution in [0.4, 0.5) is 13.2 Å². The van der Waals surface area contributed by atoms with Crippen molar-refractivity contribution in [2.75, 3.05) is 6.54 Å². The normalized spacial score (nSPS) is 13.8. The summed E-state index contributed by atoms with van der Waals surface area (Å²) in [6.07, 6.45) is -2.33. The van der Waals surface area contributed by atoms with E-state index in [0.29, 0.717) is 5.56 Å². The van der Waals surface area contributed by atoms with E-state index in [1.54, 1.807) is 6.20 Å². The van der Waals surface area contributed by atoms with Crippen LogP contribution in [0, 0.1) is 0 Å². The van der Waals surface area contributed by atoms with E-state index in [0.717, 1.165) is 0 Å². The maximum absolute atomic E-state index is 11.9. The Morgan fingerprint density at radius 3 is 2.81 bits per heavy atom. The standard InChI is InChI=1S/C9H12F3N3O/c1-2-15-6-7(4-14-15)3-13-5-8(16)9(10,11)12/h2,4,6,8,13,16H,1,3,5H2. The highest BCUT2D eigenvalue weighted by Gasteiger charge is 2.37. The number of hydrogen-bond acceptors (Lipinski definition) is 3. The molecule has 0 bridgehead atoms. The first-order valence-electron chi connectivity index (χ1n) is 4.54. The lowest BCUT2D eigenvalue weighted by atomic mass is 10.3. The zero-order valence-corrected chi connectivity index (χ0v) is 8.41. The Kier molecular flexibility index (Phi) is 4.08. The van der Waals surface area contributed by atoms with Crippen molar-refractivity contribution in [1.82, 2.24) is 15.1 Å². The van der Waals surface area contributed by atoms with E-state index < -0.39 is 18.8 Å². The molecule has 0 amide bonds.